The fourth-order valence-corrected chi connectivity index (χ4v) is 1.75. The molecule has 0 aliphatic rings. The van der Waals surface area contributed by atoms with E-state index in [9.17, 15) is 14.3 Å². The number of nitrogens with one attached hydrogen (secondary N) is 1. The standard InChI is InChI=1S/C14H13FN2O2/c1-8-4-9(15)6-10(5-8)17-14(19)12-7-11(18)2-3-13(12)16/h2-7,18H,16H2,1H3,(H,17,19). The van der Waals surface area contributed by atoms with Gasteiger partial charge in [-0.05, 0) is 48.9 Å². The van der Waals surface area contributed by atoms with Gasteiger partial charge in [-0.1, -0.05) is 0 Å². The molecule has 19 heavy (non-hydrogen) atoms. The first-order valence-corrected chi connectivity index (χ1v) is 5.63. The summed E-state index contributed by atoms with van der Waals surface area (Å²) in [6, 6.07) is 8.29. The number of amides is 1. The summed E-state index contributed by atoms with van der Waals surface area (Å²) in [5.41, 5.74) is 7.07. The van der Waals surface area contributed by atoms with Crippen molar-refractivity contribution in [2.45, 2.75) is 6.92 Å². The van der Waals surface area contributed by atoms with E-state index in [2.05, 4.69) is 5.32 Å². The number of carbonyl (C=O) groups is 1. The highest BCUT2D eigenvalue weighted by Crippen LogP contribution is 2.20. The summed E-state index contributed by atoms with van der Waals surface area (Å²) in [6.45, 7) is 1.72. The SMILES string of the molecule is Cc1cc(F)cc(NC(=O)c2cc(O)ccc2N)c1. The minimum Gasteiger partial charge on any atom is -0.508 e. The molecule has 2 aromatic carbocycles. The maximum Gasteiger partial charge on any atom is 0.257 e. The average molecular weight is 260 g/mol. The normalized spacial score (nSPS) is 10.2. The largest absolute Gasteiger partial charge is 0.508 e. The van der Waals surface area contributed by atoms with Crippen LogP contribution in [0.15, 0.2) is 36.4 Å². The van der Waals surface area contributed by atoms with E-state index in [0.29, 0.717) is 11.3 Å². The number of nitrogen functional groups attached to an aromatic ring is 1. The molecule has 98 valence electrons. The Morgan fingerprint density at radius 3 is 2.68 bits per heavy atom. The van der Waals surface area contributed by atoms with E-state index >= 15 is 0 Å². The van der Waals surface area contributed by atoms with Crippen LogP contribution in [0.5, 0.6) is 5.75 Å². The lowest BCUT2D eigenvalue weighted by atomic mass is 10.1. The molecule has 0 atom stereocenters. The number of aromatic hydroxyl groups is 1. The molecular weight excluding hydrogens is 247 g/mol. The second-order valence-corrected chi connectivity index (χ2v) is 4.24. The molecule has 5 heteroatoms. The van der Waals surface area contributed by atoms with Crippen LogP contribution < -0.4 is 11.1 Å². The van der Waals surface area contributed by atoms with Crippen molar-refractivity contribution in [1.29, 1.82) is 0 Å². The maximum absolute atomic E-state index is 13.2. The van der Waals surface area contributed by atoms with Gasteiger partial charge in [-0.25, -0.2) is 4.39 Å². The van der Waals surface area contributed by atoms with Gasteiger partial charge in [0.05, 0.1) is 5.56 Å². The lowest BCUT2D eigenvalue weighted by Crippen LogP contribution is -2.14. The predicted octanol–water partition coefficient (Wildman–Crippen LogP) is 2.67. The number of phenolic OH excluding ortho intramolecular Hbond substituents is 1. The van der Waals surface area contributed by atoms with E-state index < -0.39 is 11.7 Å². The molecule has 4 N–H and O–H groups in total. The van der Waals surface area contributed by atoms with Crippen LogP contribution in [0.4, 0.5) is 15.8 Å². The molecule has 0 aromatic heterocycles. The number of carbonyl (C=O) groups excluding carboxylic acids is 1. The zero-order valence-corrected chi connectivity index (χ0v) is 10.3. The van der Waals surface area contributed by atoms with Gasteiger partial charge in [0.1, 0.15) is 11.6 Å². The van der Waals surface area contributed by atoms with E-state index in [1.165, 1.54) is 30.3 Å². The summed E-state index contributed by atoms with van der Waals surface area (Å²) in [5, 5.41) is 11.9. The summed E-state index contributed by atoms with van der Waals surface area (Å²) >= 11 is 0. The van der Waals surface area contributed by atoms with Crippen LogP contribution in [-0.4, -0.2) is 11.0 Å². The molecule has 0 saturated heterocycles. The Labute approximate surface area is 109 Å². The molecule has 4 nitrogen and oxygen atoms in total. The van der Waals surface area contributed by atoms with Gasteiger partial charge in [0.15, 0.2) is 0 Å². The summed E-state index contributed by atoms with van der Waals surface area (Å²) in [4.78, 5) is 12.0. The van der Waals surface area contributed by atoms with Crippen molar-refractivity contribution in [3.63, 3.8) is 0 Å². The fourth-order valence-electron chi connectivity index (χ4n) is 1.75. The van der Waals surface area contributed by atoms with E-state index in [1.54, 1.807) is 13.0 Å². The number of anilines is 2. The van der Waals surface area contributed by atoms with Crippen molar-refractivity contribution < 1.29 is 14.3 Å². The molecule has 0 radical (unpaired) electrons. The highest BCUT2D eigenvalue weighted by atomic mass is 19.1. The topological polar surface area (TPSA) is 75.3 Å². The van der Waals surface area contributed by atoms with Gasteiger partial charge in [0, 0.05) is 11.4 Å². The number of aryl methyl sites for hydroxylation is 1. The lowest BCUT2D eigenvalue weighted by molar-refractivity contribution is 0.102. The van der Waals surface area contributed by atoms with Crippen LogP contribution in [0.3, 0.4) is 0 Å². The van der Waals surface area contributed by atoms with Gasteiger partial charge in [-0.3, -0.25) is 4.79 Å². The average Bonchev–Trinajstić information content (AvgIpc) is 2.30. The zero-order chi connectivity index (χ0) is 14.0. The number of phenols is 1. The number of hydrogen-bond donors (Lipinski definition) is 3. The summed E-state index contributed by atoms with van der Waals surface area (Å²) in [7, 11) is 0. The van der Waals surface area contributed by atoms with Crippen molar-refractivity contribution >= 4 is 17.3 Å². The lowest BCUT2D eigenvalue weighted by Gasteiger charge is -2.09. The third-order valence-corrected chi connectivity index (χ3v) is 2.58. The molecule has 2 aromatic rings. The molecule has 0 aliphatic heterocycles. The number of nitrogens with two attached hydrogens (primary N) is 1. The van der Waals surface area contributed by atoms with E-state index in [1.807, 2.05) is 0 Å². The third kappa shape index (κ3) is 3.01. The van der Waals surface area contributed by atoms with Crippen LogP contribution in [0.25, 0.3) is 0 Å². The van der Waals surface area contributed by atoms with E-state index in [4.69, 9.17) is 5.73 Å². The minimum atomic E-state index is -0.501. The van der Waals surface area contributed by atoms with Gasteiger partial charge in [0.25, 0.3) is 5.91 Å². The fraction of sp³-hybridized carbons (Fsp3) is 0.0714. The first kappa shape index (κ1) is 12.9. The highest BCUT2D eigenvalue weighted by Gasteiger charge is 2.11. The highest BCUT2D eigenvalue weighted by molar-refractivity contribution is 6.08. The zero-order valence-electron chi connectivity index (χ0n) is 10.3. The molecular formula is C14H13FN2O2. The predicted molar refractivity (Wildman–Crippen MR) is 71.6 cm³/mol. The Morgan fingerprint density at radius 2 is 2.00 bits per heavy atom. The van der Waals surface area contributed by atoms with Crippen LogP contribution in [-0.2, 0) is 0 Å². The number of hydrogen-bond acceptors (Lipinski definition) is 3. The molecule has 0 unspecified atom stereocenters. The number of benzene rings is 2. The van der Waals surface area contributed by atoms with Gasteiger partial charge in [-0.2, -0.15) is 0 Å². The van der Waals surface area contributed by atoms with Crippen molar-refractivity contribution in [2.24, 2.45) is 0 Å². The van der Waals surface area contributed by atoms with Gasteiger partial charge < -0.3 is 16.2 Å². The number of rotatable bonds is 2. The van der Waals surface area contributed by atoms with E-state index in [-0.39, 0.29) is 17.0 Å². The van der Waals surface area contributed by atoms with E-state index in [0.717, 1.165) is 0 Å². The van der Waals surface area contributed by atoms with Crippen molar-refractivity contribution in [1.82, 2.24) is 0 Å². The first-order valence-electron chi connectivity index (χ1n) is 5.63. The second-order valence-electron chi connectivity index (χ2n) is 4.24. The molecule has 0 spiro atoms. The van der Waals surface area contributed by atoms with Gasteiger partial charge >= 0.3 is 0 Å². The Bertz CT molecular complexity index is 621. The van der Waals surface area contributed by atoms with Crippen LogP contribution in [0.2, 0.25) is 0 Å². The molecule has 0 bridgehead atoms. The second kappa shape index (κ2) is 4.97. The monoisotopic (exact) mass is 260 g/mol. The summed E-state index contributed by atoms with van der Waals surface area (Å²) in [5.74, 6) is -0.993. The molecule has 0 saturated carbocycles. The Kier molecular flexibility index (Phi) is 3.37. The molecule has 0 aliphatic carbocycles. The van der Waals surface area contributed by atoms with Crippen molar-refractivity contribution in [3.05, 3.63) is 53.3 Å². The molecule has 2 rings (SSSR count). The third-order valence-electron chi connectivity index (χ3n) is 2.58. The number of halogens is 1. The van der Waals surface area contributed by atoms with Crippen molar-refractivity contribution in [3.8, 4) is 5.75 Å². The van der Waals surface area contributed by atoms with Gasteiger partial charge in [-0.15, -0.1) is 0 Å². The Morgan fingerprint density at radius 1 is 1.26 bits per heavy atom. The first-order chi connectivity index (χ1) is 8.95. The Balaban J connectivity index is 2.28. The molecule has 0 fully saturated rings. The van der Waals surface area contributed by atoms with Crippen LogP contribution in [0, 0.1) is 12.7 Å². The van der Waals surface area contributed by atoms with Crippen LogP contribution >= 0.6 is 0 Å². The van der Waals surface area contributed by atoms with Crippen molar-refractivity contribution in [2.75, 3.05) is 11.1 Å². The Hall–Kier alpha value is -2.56. The molecule has 1 amide bonds. The van der Waals surface area contributed by atoms with Crippen LogP contribution in [0.1, 0.15) is 15.9 Å². The maximum atomic E-state index is 13.2. The minimum absolute atomic E-state index is 0.0604. The smallest absolute Gasteiger partial charge is 0.257 e. The molecule has 0 heterocycles. The summed E-state index contributed by atoms with van der Waals surface area (Å²) in [6.07, 6.45) is 0. The summed E-state index contributed by atoms with van der Waals surface area (Å²) < 4.78 is 13.2. The quantitative estimate of drug-likeness (QED) is 0.574. The van der Waals surface area contributed by atoms with Gasteiger partial charge in [0.2, 0.25) is 0 Å².